The highest BCUT2D eigenvalue weighted by Gasteiger charge is 2.24. The summed E-state index contributed by atoms with van der Waals surface area (Å²) in [4.78, 5) is 22.7. The van der Waals surface area contributed by atoms with Crippen LogP contribution in [0.15, 0.2) is 34.3 Å². The highest BCUT2D eigenvalue weighted by atomic mass is 79.9. The summed E-state index contributed by atoms with van der Waals surface area (Å²) in [6.07, 6.45) is 1.63. The predicted molar refractivity (Wildman–Crippen MR) is 71.4 cm³/mol. The Morgan fingerprint density at radius 3 is 2.35 bits per heavy atom. The van der Waals surface area contributed by atoms with Crippen LogP contribution in [0, 0.1) is 0 Å². The average molecular weight is 311 g/mol. The van der Waals surface area contributed by atoms with Gasteiger partial charge in [0.05, 0.1) is 5.57 Å². The van der Waals surface area contributed by atoms with E-state index in [2.05, 4.69) is 26.6 Å². The van der Waals surface area contributed by atoms with E-state index < -0.39 is 11.9 Å². The summed E-state index contributed by atoms with van der Waals surface area (Å²) in [6, 6.07) is 6.80. The van der Waals surface area contributed by atoms with E-state index in [9.17, 15) is 9.59 Å². The lowest BCUT2D eigenvalue weighted by atomic mass is 10.1. The third-order valence-corrected chi connectivity index (χ3v) is 2.98. The number of thiocarbonyl (C=S) groups is 1. The summed E-state index contributed by atoms with van der Waals surface area (Å²) in [6.45, 7) is 0. The maximum Gasteiger partial charge on any atom is 0.326 e. The van der Waals surface area contributed by atoms with E-state index in [0.717, 1.165) is 10.0 Å². The molecule has 1 aliphatic heterocycles. The number of imide groups is 1. The molecule has 1 fully saturated rings. The zero-order chi connectivity index (χ0) is 12.4. The third-order valence-electron chi connectivity index (χ3n) is 2.12. The zero-order valence-electron chi connectivity index (χ0n) is 8.49. The quantitative estimate of drug-likeness (QED) is 0.616. The van der Waals surface area contributed by atoms with Gasteiger partial charge in [-0.25, -0.2) is 4.79 Å². The number of carbonyl (C=O) groups is 2. The van der Waals surface area contributed by atoms with Gasteiger partial charge in [0, 0.05) is 4.47 Å². The third kappa shape index (κ3) is 2.78. The normalized spacial score (nSPS) is 17.9. The van der Waals surface area contributed by atoms with Gasteiger partial charge in [-0.1, -0.05) is 40.3 Å². The molecule has 0 aliphatic carbocycles. The van der Waals surface area contributed by atoms with E-state index in [1.807, 2.05) is 24.3 Å². The molecule has 4 nitrogen and oxygen atoms in total. The van der Waals surface area contributed by atoms with Crippen LogP contribution in [0.2, 0.25) is 0 Å². The Balaban J connectivity index is 2.32. The van der Waals surface area contributed by atoms with Gasteiger partial charge in [0.1, 0.15) is 4.99 Å². The minimum absolute atomic E-state index is 0.140. The Kier molecular flexibility index (Phi) is 3.35. The van der Waals surface area contributed by atoms with E-state index in [1.165, 1.54) is 0 Å². The lowest BCUT2D eigenvalue weighted by molar-refractivity contribution is -0.116. The van der Waals surface area contributed by atoms with E-state index >= 15 is 0 Å². The second kappa shape index (κ2) is 4.77. The van der Waals surface area contributed by atoms with Crippen molar-refractivity contribution < 1.29 is 9.59 Å². The molecule has 1 heterocycles. The molecule has 1 saturated heterocycles. The van der Waals surface area contributed by atoms with Crippen molar-refractivity contribution in [3.8, 4) is 0 Å². The summed E-state index contributed by atoms with van der Waals surface area (Å²) in [5.74, 6) is -0.485. The number of hydrogen-bond donors (Lipinski definition) is 2. The van der Waals surface area contributed by atoms with Crippen LogP contribution in [0.4, 0.5) is 4.79 Å². The Hall–Kier alpha value is -1.53. The van der Waals surface area contributed by atoms with Crippen LogP contribution >= 0.6 is 28.1 Å². The summed E-state index contributed by atoms with van der Waals surface area (Å²) < 4.78 is 0.948. The minimum atomic E-state index is -0.590. The van der Waals surface area contributed by atoms with Crippen LogP contribution < -0.4 is 10.6 Å². The molecular weight excluding hydrogens is 304 g/mol. The van der Waals surface area contributed by atoms with Crippen molar-refractivity contribution in [2.45, 2.75) is 0 Å². The second-order valence-corrected chi connectivity index (χ2v) is 4.67. The topological polar surface area (TPSA) is 58.2 Å². The number of benzene rings is 1. The molecule has 1 aromatic carbocycles. The highest BCUT2D eigenvalue weighted by Crippen LogP contribution is 2.14. The SMILES string of the molecule is O=C1NC(=O)/C(=C\c2ccc(Br)cc2)C(=S)N1. The summed E-state index contributed by atoms with van der Waals surface area (Å²) in [5.41, 5.74) is 1.11. The number of carbonyl (C=O) groups excluding carboxylic acids is 2. The van der Waals surface area contributed by atoms with E-state index in [0.29, 0.717) is 0 Å². The van der Waals surface area contributed by atoms with Crippen molar-refractivity contribution in [1.82, 2.24) is 10.6 Å². The fourth-order valence-electron chi connectivity index (χ4n) is 1.33. The molecule has 0 aromatic heterocycles. The molecule has 3 amide bonds. The molecule has 0 saturated carbocycles. The largest absolute Gasteiger partial charge is 0.326 e. The summed E-state index contributed by atoms with van der Waals surface area (Å²) in [5, 5.41) is 4.51. The van der Waals surface area contributed by atoms with Gasteiger partial charge in [-0.05, 0) is 23.8 Å². The second-order valence-electron chi connectivity index (χ2n) is 3.35. The molecule has 2 N–H and O–H groups in total. The summed E-state index contributed by atoms with van der Waals surface area (Å²) in [7, 11) is 0. The van der Waals surface area contributed by atoms with Crippen molar-refractivity contribution >= 4 is 51.2 Å². The van der Waals surface area contributed by atoms with Crippen molar-refractivity contribution in [1.29, 1.82) is 0 Å². The molecule has 1 aromatic rings. The molecular formula is C11H7BrN2O2S. The first-order valence-electron chi connectivity index (χ1n) is 4.70. The maximum absolute atomic E-state index is 11.5. The fourth-order valence-corrected chi connectivity index (χ4v) is 1.84. The predicted octanol–water partition coefficient (Wildman–Crippen LogP) is 2.00. The number of rotatable bonds is 1. The van der Waals surface area contributed by atoms with Gasteiger partial charge >= 0.3 is 6.03 Å². The molecule has 86 valence electrons. The lowest BCUT2D eigenvalue weighted by Crippen LogP contribution is -2.50. The van der Waals surface area contributed by atoms with Gasteiger partial charge < -0.3 is 0 Å². The van der Waals surface area contributed by atoms with Gasteiger partial charge in [0.15, 0.2) is 0 Å². The molecule has 0 bridgehead atoms. The Labute approximate surface area is 111 Å². The lowest BCUT2D eigenvalue weighted by Gasteiger charge is -2.16. The number of amides is 3. The Morgan fingerprint density at radius 2 is 1.76 bits per heavy atom. The number of hydrogen-bond acceptors (Lipinski definition) is 3. The van der Waals surface area contributed by atoms with Crippen LogP contribution in [0.25, 0.3) is 6.08 Å². The minimum Gasteiger partial charge on any atom is -0.298 e. The van der Waals surface area contributed by atoms with Crippen LogP contribution in [-0.2, 0) is 4.79 Å². The molecule has 17 heavy (non-hydrogen) atoms. The van der Waals surface area contributed by atoms with Gasteiger partial charge in [0.2, 0.25) is 0 Å². The Morgan fingerprint density at radius 1 is 1.12 bits per heavy atom. The monoisotopic (exact) mass is 310 g/mol. The number of urea groups is 1. The number of nitrogens with one attached hydrogen (secondary N) is 2. The first kappa shape index (κ1) is 11.9. The molecule has 0 unspecified atom stereocenters. The highest BCUT2D eigenvalue weighted by molar-refractivity contribution is 9.10. The van der Waals surface area contributed by atoms with E-state index in [-0.39, 0.29) is 10.6 Å². The van der Waals surface area contributed by atoms with Crippen LogP contribution in [-0.4, -0.2) is 16.9 Å². The first-order chi connectivity index (χ1) is 8.06. The maximum atomic E-state index is 11.5. The van der Waals surface area contributed by atoms with E-state index in [4.69, 9.17) is 12.2 Å². The fraction of sp³-hybridized carbons (Fsp3) is 0. The van der Waals surface area contributed by atoms with Crippen LogP contribution in [0.1, 0.15) is 5.56 Å². The molecule has 2 rings (SSSR count). The standard InChI is InChI=1S/C11H7BrN2O2S/c12-7-3-1-6(2-4-7)5-8-9(15)13-11(16)14-10(8)17/h1-5H,(H2,13,14,15,16,17)/b8-5+. The first-order valence-corrected chi connectivity index (χ1v) is 5.90. The van der Waals surface area contributed by atoms with Crippen LogP contribution in [0.3, 0.4) is 0 Å². The van der Waals surface area contributed by atoms with Crippen LogP contribution in [0.5, 0.6) is 0 Å². The van der Waals surface area contributed by atoms with Gasteiger partial charge in [-0.15, -0.1) is 0 Å². The Bertz CT molecular complexity index is 515. The summed E-state index contributed by atoms with van der Waals surface area (Å²) >= 11 is 8.26. The molecule has 1 aliphatic rings. The zero-order valence-corrected chi connectivity index (χ0v) is 10.9. The van der Waals surface area contributed by atoms with Gasteiger partial charge in [-0.3, -0.25) is 15.4 Å². The van der Waals surface area contributed by atoms with Gasteiger partial charge in [0.25, 0.3) is 5.91 Å². The van der Waals surface area contributed by atoms with Gasteiger partial charge in [-0.2, -0.15) is 0 Å². The van der Waals surface area contributed by atoms with Crippen molar-refractivity contribution in [2.24, 2.45) is 0 Å². The average Bonchev–Trinajstić information content (AvgIpc) is 2.26. The smallest absolute Gasteiger partial charge is 0.298 e. The van der Waals surface area contributed by atoms with E-state index in [1.54, 1.807) is 6.08 Å². The molecule has 0 spiro atoms. The van der Waals surface area contributed by atoms with Crippen molar-refractivity contribution in [2.75, 3.05) is 0 Å². The number of halogens is 1. The molecule has 0 atom stereocenters. The molecule has 0 radical (unpaired) electrons. The molecule has 6 heteroatoms. The van der Waals surface area contributed by atoms with Crippen molar-refractivity contribution in [3.63, 3.8) is 0 Å². The van der Waals surface area contributed by atoms with Crippen molar-refractivity contribution in [3.05, 3.63) is 39.9 Å².